The van der Waals surface area contributed by atoms with Gasteiger partial charge in [0.1, 0.15) is 16.5 Å². The van der Waals surface area contributed by atoms with Crippen molar-refractivity contribution in [3.8, 4) is 0 Å². The Labute approximate surface area is 106 Å². The van der Waals surface area contributed by atoms with Crippen molar-refractivity contribution in [3.05, 3.63) is 50.2 Å². The van der Waals surface area contributed by atoms with E-state index in [2.05, 4.69) is 10.3 Å². The number of aryl methyl sites for hydroxylation is 1. The number of anilines is 1. The highest BCUT2D eigenvalue weighted by Crippen LogP contribution is 2.25. The van der Waals surface area contributed by atoms with Crippen LogP contribution in [0, 0.1) is 22.9 Å². The van der Waals surface area contributed by atoms with Gasteiger partial charge in [-0.15, -0.1) is 11.3 Å². The first-order valence-electron chi connectivity index (χ1n) is 5.15. The molecule has 1 aromatic carbocycles. The molecule has 0 aliphatic carbocycles. The van der Waals surface area contributed by atoms with Crippen molar-refractivity contribution in [3.63, 3.8) is 0 Å². The number of nitrogens with zero attached hydrogens (tertiary/aromatic N) is 2. The summed E-state index contributed by atoms with van der Waals surface area (Å²) in [6.07, 6.45) is 0. The van der Waals surface area contributed by atoms with Gasteiger partial charge in [-0.3, -0.25) is 10.1 Å². The fourth-order valence-electron chi connectivity index (χ4n) is 1.46. The minimum absolute atomic E-state index is 0.275. The van der Waals surface area contributed by atoms with Crippen LogP contribution in [0.25, 0.3) is 0 Å². The molecular weight excluding hydrogens is 257 g/mol. The van der Waals surface area contributed by atoms with Crippen molar-refractivity contribution >= 4 is 22.7 Å². The highest BCUT2D eigenvalue weighted by molar-refractivity contribution is 7.09. The molecule has 0 aliphatic rings. The van der Waals surface area contributed by atoms with Crippen molar-refractivity contribution in [2.24, 2.45) is 0 Å². The van der Waals surface area contributed by atoms with E-state index in [0.29, 0.717) is 6.54 Å². The number of nitro benzene ring substituents is 1. The zero-order chi connectivity index (χ0) is 13.1. The molecule has 1 aromatic heterocycles. The van der Waals surface area contributed by atoms with E-state index in [1.54, 1.807) is 0 Å². The molecule has 5 nitrogen and oxygen atoms in total. The molecule has 0 saturated carbocycles. The van der Waals surface area contributed by atoms with Gasteiger partial charge in [0.2, 0.25) is 0 Å². The van der Waals surface area contributed by atoms with E-state index in [-0.39, 0.29) is 11.4 Å². The Balaban J connectivity index is 2.16. The Morgan fingerprint density at radius 1 is 1.56 bits per heavy atom. The summed E-state index contributed by atoms with van der Waals surface area (Å²) in [7, 11) is 0. The maximum Gasteiger partial charge on any atom is 0.295 e. The molecule has 18 heavy (non-hydrogen) atoms. The molecular formula is C11H10FN3O2S. The molecule has 94 valence electrons. The topological polar surface area (TPSA) is 68.1 Å². The van der Waals surface area contributed by atoms with Crippen LogP contribution in [0.2, 0.25) is 0 Å². The lowest BCUT2D eigenvalue weighted by Crippen LogP contribution is -2.02. The van der Waals surface area contributed by atoms with Gasteiger partial charge in [0.25, 0.3) is 5.69 Å². The second kappa shape index (κ2) is 5.09. The SMILES string of the molecule is Cc1csc(CNc2ccc(F)cc2[N+](=O)[O-])n1. The van der Waals surface area contributed by atoms with Crippen molar-refractivity contribution < 1.29 is 9.31 Å². The maximum absolute atomic E-state index is 12.9. The van der Waals surface area contributed by atoms with Crippen LogP contribution < -0.4 is 5.32 Å². The lowest BCUT2D eigenvalue weighted by atomic mass is 10.2. The summed E-state index contributed by atoms with van der Waals surface area (Å²) in [5, 5.41) is 16.4. The average molecular weight is 267 g/mol. The minimum Gasteiger partial charge on any atom is -0.373 e. The fraction of sp³-hybridized carbons (Fsp3) is 0.182. The van der Waals surface area contributed by atoms with Gasteiger partial charge >= 0.3 is 0 Å². The number of nitro groups is 1. The molecule has 0 aliphatic heterocycles. The molecule has 0 radical (unpaired) electrons. The zero-order valence-electron chi connectivity index (χ0n) is 9.51. The molecule has 0 saturated heterocycles. The Bertz CT molecular complexity index is 585. The molecule has 0 bridgehead atoms. The molecule has 0 amide bonds. The van der Waals surface area contributed by atoms with Crippen LogP contribution in [-0.2, 0) is 6.54 Å². The number of hydrogen-bond acceptors (Lipinski definition) is 5. The van der Waals surface area contributed by atoms with Crippen molar-refractivity contribution in [1.29, 1.82) is 0 Å². The third kappa shape index (κ3) is 2.80. The first-order valence-corrected chi connectivity index (χ1v) is 6.03. The van der Waals surface area contributed by atoms with Crippen LogP contribution in [0.3, 0.4) is 0 Å². The molecule has 1 heterocycles. The highest BCUT2D eigenvalue weighted by Gasteiger charge is 2.14. The Morgan fingerprint density at radius 2 is 2.33 bits per heavy atom. The maximum atomic E-state index is 12.9. The van der Waals surface area contributed by atoms with E-state index in [0.717, 1.165) is 16.8 Å². The predicted octanol–water partition coefficient (Wildman–Crippen LogP) is 3.11. The Hall–Kier alpha value is -2.02. The normalized spacial score (nSPS) is 10.3. The van der Waals surface area contributed by atoms with E-state index in [9.17, 15) is 14.5 Å². The predicted molar refractivity (Wildman–Crippen MR) is 67.2 cm³/mol. The highest BCUT2D eigenvalue weighted by atomic mass is 32.1. The number of hydrogen-bond donors (Lipinski definition) is 1. The number of thiazole rings is 1. The standard InChI is InChI=1S/C11H10FN3O2S/c1-7-6-18-11(14-7)5-13-9-3-2-8(12)4-10(9)15(16)17/h2-4,6,13H,5H2,1H3. The zero-order valence-corrected chi connectivity index (χ0v) is 10.3. The quantitative estimate of drug-likeness (QED) is 0.682. The molecule has 2 aromatic rings. The summed E-state index contributed by atoms with van der Waals surface area (Å²) in [4.78, 5) is 14.4. The van der Waals surface area contributed by atoms with Crippen LogP contribution in [0.1, 0.15) is 10.7 Å². The van der Waals surface area contributed by atoms with Gasteiger partial charge in [-0.25, -0.2) is 9.37 Å². The molecule has 1 N–H and O–H groups in total. The van der Waals surface area contributed by atoms with E-state index < -0.39 is 10.7 Å². The van der Waals surface area contributed by atoms with E-state index in [1.807, 2.05) is 12.3 Å². The van der Waals surface area contributed by atoms with Crippen LogP contribution in [0.5, 0.6) is 0 Å². The molecule has 0 unspecified atom stereocenters. The lowest BCUT2D eigenvalue weighted by molar-refractivity contribution is -0.384. The third-order valence-electron chi connectivity index (χ3n) is 2.25. The summed E-state index contributed by atoms with van der Waals surface area (Å²) < 4.78 is 12.9. The number of nitrogens with one attached hydrogen (secondary N) is 1. The van der Waals surface area contributed by atoms with Gasteiger partial charge < -0.3 is 5.32 Å². The van der Waals surface area contributed by atoms with Gasteiger partial charge in [0.15, 0.2) is 0 Å². The minimum atomic E-state index is -0.627. The van der Waals surface area contributed by atoms with Crippen molar-refractivity contribution in [1.82, 2.24) is 4.98 Å². The summed E-state index contributed by atoms with van der Waals surface area (Å²) >= 11 is 1.47. The summed E-state index contributed by atoms with van der Waals surface area (Å²) in [6, 6.07) is 3.44. The van der Waals surface area contributed by atoms with Crippen molar-refractivity contribution in [2.45, 2.75) is 13.5 Å². The second-order valence-electron chi connectivity index (χ2n) is 3.65. The van der Waals surface area contributed by atoms with Crippen molar-refractivity contribution in [2.75, 3.05) is 5.32 Å². The Morgan fingerprint density at radius 3 is 2.94 bits per heavy atom. The van der Waals surface area contributed by atoms with E-state index >= 15 is 0 Å². The monoisotopic (exact) mass is 267 g/mol. The molecule has 0 atom stereocenters. The van der Waals surface area contributed by atoms with Gasteiger partial charge in [-0.2, -0.15) is 0 Å². The second-order valence-corrected chi connectivity index (χ2v) is 4.60. The Kier molecular flexibility index (Phi) is 3.52. The summed E-state index contributed by atoms with van der Waals surface area (Å²) in [5.41, 5.74) is 0.919. The van der Waals surface area contributed by atoms with Gasteiger partial charge in [-0.05, 0) is 19.1 Å². The van der Waals surface area contributed by atoms with Crippen LogP contribution in [0.15, 0.2) is 23.6 Å². The first-order chi connectivity index (χ1) is 8.56. The van der Waals surface area contributed by atoms with Crippen LogP contribution in [0.4, 0.5) is 15.8 Å². The van der Waals surface area contributed by atoms with Gasteiger partial charge in [-0.1, -0.05) is 0 Å². The molecule has 7 heteroatoms. The number of rotatable bonds is 4. The van der Waals surface area contributed by atoms with Gasteiger partial charge in [0, 0.05) is 11.1 Å². The number of halogens is 1. The van der Waals surface area contributed by atoms with Gasteiger partial charge in [0.05, 0.1) is 17.5 Å². The smallest absolute Gasteiger partial charge is 0.295 e. The first kappa shape index (κ1) is 12.4. The summed E-state index contributed by atoms with van der Waals surface area (Å²) in [6.45, 7) is 2.26. The average Bonchev–Trinajstić information content (AvgIpc) is 2.73. The van der Waals surface area contributed by atoms with Crippen LogP contribution >= 0.6 is 11.3 Å². The fourth-order valence-corrected chi connectivity index (χ4v) is 2.17. The number of benzene rings is 1. The largest absolute Gasteiger partial charge is 0.373 e. The third-order valence-corrected chi connectivity index (χ3v) is 3.22. The number of aromatic nitrogens is 1. The van der Waals surface area contributed by atoms with E-state index in [1.165, 1.54) is 23.5 Å². The summed E-state index contributed by atoms with van der Waals surface area (Å²) in [5.74, 6) is -0.627. The molecule has 0 fully saturated rings. The molecule has 2 rings (SSSR count). The van der Waals surface area contributed by atoms with E-state index in [4.69, 9.17) is 0 Å². The van der Waals surface area contributed by atoms with Crippen LogP contribution in [-0.4, -0.2) is 9.91 Å². The lowest BCUT2D eigenvalue weighted by Gasteiger charge is -2.05. The molecule has 0 spiro atoms.